The molecule has 0 saturated heterocycles. The van der Waals surface area contributed by atoms with Crippen molar-refractivity contribution in [3.63, 3.8) is 0 Å². The summed E-state index contributed by atoms with van der Waals surface area (Å²) in [6, 6.07) is 6.76. The summed E-state index contributed by atoms with van der Waals surface area (Å²) in [5.41, 5.74) is 0.685. The Kier molecular flexibility index (Phi) is 6.32. The molecule has 1 rings (SSSR count). The summed E-state index contributed by atoms with van der Waals surface area (Å²) in [7, 11) is -3.66. The molecule has 0 fully saturated rings. The van der Waals surface area contributed by atoms with Crippen LogP contribution in [0.3, 0.4) is 0 Å². The van der Waals surface area contributed by atoms with Crippen LogP contribution in [-0.2, 0) is 19.0 Å². The highest BCUT2D eigenvalue weighted by molar-refractivity contribution is 7.86. The molecule has 0 unspecified atom stereocenters. The third-order valence-corrected chi connectivity index (χ3v) is 3.95. The number of ether oxygens (including phenoxy) is 1. The summed E-state index contributed by atoms with van der Waals surface area (Å²) >= 11 is 0. The minimum Gasteiger partial charge on any atom is -0.379 e. The molecule has 0 aliphatic rings. The first kappa shape index (κ1) is 15.1. The Bertz CT molecular complexity index is 454. The van der Waals surface area contributed by atoms with E-state index in [1.165, 1.54) is 0 Å². The second-order valence-electron chi connectivity index (χ2n) is 4.01. The van der Waals surface area contributed by atoms with Gasteiger partial charge >= 0.3 is 0 Å². The molecular formula is C13H20O4S. The van der Waals surface area contributed by atoms with Crippen LogP contribution in [0.25, 0.3) is 0 Å². The van der Waals surface area contributed by atoms with Crippen molar-refractivity contribution in [3.05, 3.63) is 29.8 Å². The Morgan fingerprint density at radius 3 is 2.50 bits per heavy atom. The van der Waals surface area contributed by atoms with Gasteiger partial charge in [-0.05, 0) is 25.0 Å². The monoisotopic (exact) mass is 272 g/mol. The predicted octanol–water partition coefficient (Wildman–Crippen LogP) is 2.52. The average molecular weight is 272 g/mol. The molecule has 0 aliphatic heterocycles. The van der Waals surface area contributed by atoms with E-state index in [0.29, 0.717) is 18.8 Å². The highest BCUT2D eigenvalue weighted by atomic mass is 32.2. The molecular weight excluding hydrogens is 252 g/mol. The van der Waals surface area contributed by atoms with Gasteiger partial charge in [-0.3, -0.25) is 4.18 Å². The van der Waals surface area contributed by atoms with Gasteiger partial charge < -0.3 is 4.74 Å². The molecule has 1 aromatic rings. The van der Waals surface area contributed by atoms with Gasteiger partial charge in [-0.25, -0.2) is 0 Å². The summed E-state index contributed by atoms with van der Waals surface area (Å²) in [6.45, 7) is 4.81. The molecule has 5 heteroatoms. The lowest BCUT2D eigenvalue weighted by Gasteiger charge is -2.08. The highest BCUT2D eigenvalue weighted by Gasteiger charge is 2.16. The van der Waals surface area contributed by atoms with Crippen LogP contribution < -0.4 is 0 Å². The molecule has 18 heavy (non-hydrogen) atoms. The minimum atomic E-state index is -3.66. The lowest BCUT2D eigenvalue weighted by Crippen LogP contribution is -2.12. The zero-order chi connectivity index (χ0) is 13.4. The molecule has 0 heterocycles. The van der Waals surface area contributed by atoms with Crippen LogP contribution in [0.1, 0.15) is 25.3 Å². The molecule has 0 radical (unpaired) electrons. The lowest BCUT2D eigenvalue weighted by molar-refractivity contribution is 0.0999. The van der Waals surface area contributed by atoms with Gasteiger partial charge in [0.15, 0.2) is 0 Å². The van der Waals surface area contributed by atoms with Crippen molar-refractivity contribution in [3.8, 4) is 0 Å². The molecule has 0 saturated carbocycles. The Balaban J connectivity index is 2.44. The van der Waals surface area contributed by atoms with Gasteiger partial charge in [0, 0.05) is 6.61 Å². The third kappa shape index (κ3) is 4.76. The maximum atomic E-state index is 11.9. The first-order valence-electron chi connectivity index (χ1n) is 6.10. The first-order chi connectivity index (χ1) is 8.58. The van der Waals surface area contributed by atoms with Crippen LogP contribution in [0.15, 0.2) is 29.2 Å². The number of hydrogen-bond acceptors (Lipinski definition) is 4. The number of unbranched alkanes of at least 4 members (excludes halogenated alkanes) is 1. The Morgan fingerprint density at radius 2 is 1.83 bits per heavy atom. The van der Waals surface area contributed by atoms with Gasteiger partial charge in [-0.15, -0.1) is 0 Å². The standard InChI is InChI=1S/C13H20O4S/c1-3-4-9-16-10-11-17-18(14,15)13-8-6-5-7-12(13)2/h5-8H,3-4,9-11H2,1-2H3. The minimum absolute atomic E-state index is 0.0559. The van der Waals surface area contributed by atoms with Crippen molar-refractivity contribution in [2.75, 3.05) is 19.8 Å². The van der Waals surface area contributed by atoms with E-state index in [4.69, 9.17) is 8.92 Å². The van der Waals surface area contributed by atoms with Gasteiger partial charge in [0.05, 0.1) is 18.1 Å². The van der Waals surface area contributed by atoms with E-state index in [-0.39, 0.29) is 11.5 Å². The summed E-state index contributed by atoms with van der Waals surface area (Å²) in [5, 5.41) is 0. The van der Waals surface area contributed by atoms with Crippen molar-refractivity contribution in [1.29, 1.82) is 0 Å². The number of aryl methyl sites for hydroxylation is 1. The van der Waals surface area contributed by atoms with Crippen LogP contribution in [0, 0.1) is 6.92 Å². The molecule has 1 aromatic carbocycles. The Morgan fingerprint density at radius 1 is 1.11 bits per heavy atom. The van der Waals surface area contributed by atoms with Gasteiger partial charge in [0.1, 0.15) is 0 Å². The van der Waals surface area contributed by atoms with Crippen molar-refractivity contribution in [1.82, 2.24) is 0 Å². The molecule has 4 nitrogen and oxygen atoms in total. The van der Waals surface area contributed by atoms with E-state index in [1.54, 1.807) is 31.2 Å². The smallest absolute Gasteiger partial charge is 0.297 e. The summed E-state index contributed by atoms with van der Waals surface area (Å²) in [4.78, 5) is 0.221. The normalized spacial score (nSPS) is 11.7. The highest BCUT2D eigenvalue weighted by Crippen LogP contribution is 2.16. The van der Waals surface area contributed by atoms with Crippen molar-refractivity contribution in [2.45, 2.75) is 31.6 Å². The van der Waals surface area contributed by atoms with Crippen LogP contribution >= 0.6 is 0 Å². The molecule has 0 aliphatic carbocycles. The summed E-state index contributed by atoms with van der Waals surface area (Å²) in [5.74, 6) is 0. The molecule has 0 spiro atoms. The van der Waals surface area contributed by atoms with Crippen LogP contribution in [0.2, 0.25) is 0 Å². The maximum Gasteiger partial charge on any atom is 0.297 e. The summed E-state index contributed by atoms with van der Waals surface area (Å²) < 4.78 is 33.9. The van der Waals surface area contributed by atoms with Crippen LogP contribution in [0.5, 0.6) is 0 Å². The van der Waals surface area contributed by atoms with Crippen molar-refractivity contribution < 1.29 is 17.3 Å². The zero-order valence-electron chi connectivity index (χ0n) is 10.9. The Hall–Kier alpha value is -0.910. The second kappa shape index (κ2) is 7.51. The van der Waals surface area contributed by atoms with E-state index in [1.807, 2.05) is 0 Å². The number of benzene rings is 1. The number of hydrogen-bond donors (Lipinski definition) is 0. The molecule has 0 bridgehead atoms. The summed E-state index contributed by atoms with van der Waals surface area (Å²) in [6.07, 6.45) is 2.03. The van der Waals surface area contributed by atoms with Crippen molar-refractivity contribution >= 4 is 10.1 Å². The van der Waals surface area contributed by atoms with Crippen LogP contribution in [0.4, 0.5) is 0 Å². The first-order valence-corrected chi connectivity index (χ1v) is 7.51. The lowest BCUT2D eigenvalue weighted by atomic mass is 10.2. The predicted molar refractivity (Wildman–Crippen MR) is 70.0 cm³/mol. The SMILES string of the molecule is CCCCOCCOS(=O)(=O)c1ccccc1C. The molecule has 0 atom stereocenters. The molecule has 0 aromatic heterocycles. The van der Waals surface area contributed by atoms with E-state index < -0.39 is 10.1 Å². The van der Waals surface area contributed by atoms with E-state index in [2.05, 4.69) is 6.92 Å². The quantitative estimate of drug-likeness (QED) is 0.539. The fraction of sp³-hybridized carbons (Fsp3) is 0.538. The number of rotatable bonds is 8. The van der Waals surface area contributed by atoms with Gasteiger partial charge in [0.25, 0.3) is 10.1 Å². The maximum absolute atomic E-state index is 11.9. The zero-order valence-corrected chi connectivity index (χ0v) is 11.7. The van der Waals surface area contributed by atoms with Gasteiger partial charge in [0.2, 0.25) is 0 Å². The second-order valence-corrected chi connectivity index (χ2v) is 5.59. The molecule has 0 amide bonds. The topological polar surface area (TPSA) is 52.6 Å². The van der Waals surface area contributed by atoms with Crippen LogP contribution in [-0.4, -0.2) is 28.2 Å². The molecule has 102 valence electrons. The third-order valence-electron chi connectivity index (χ3n) is 2.47. The fourth-order valence-corrected chi connectivity index (χ4v) is 2.57. The fourth-order valence-electron chi connectivity index (χ4n) is 1.45. The molecule has 0 N–H and O–H groups in total. The van der Waals surface area contributed by atoms with Crippen molar-refractivity contribution in [2.24, 2.45) is 0 Å². The van der Waals surface area contributed by atoms with E-state index in [0.717, 1.165) is 12.8 Å². The van der Waals surface area contributed by atoms with E-state index in [9.17, 15) is 8.42 Å². The Labute approximate surface area is 109 Å². The largest absolute Gasteiger partial charge is 0.379 e. The van der Waals surface area contributed by atoms with Gasteiger partial charge in [-0.2, -0.15) is 8.42 Å². The van der Waals surface area contributed by atoms with E-state index >= 15 is 0 Å². The van der Waals surface area contributed by atoms with Gasteiger partial charge in [-0.1, -0.05) is 31.5 Å². The average Bonchev–Trinajstić information content (AvgIpc) is 2.34.